The number of benzene rings is 2. The van der Waals surface area contributed by atoms with Crippen LogP contribution in [-0.2, 0) is 22.7 Å². The van der Waals surface area contributed by atoms with E-state index < -0.39 is 0 Å². The second-order valence-electron chi connectivity index (χ2n) is 6.48. The third kappa shape index (κ3) is 4.80. The minimum absolute atomic E-state index is 0.179. The highest BCUT2D eigenvalue weighted by molar-refractivity contribution is 5.71. The smallest absolute Gasteiger partial charge is 0.319 e. The van der Waals surface area contributed by atoms with Gasteiger partial charge in [-0.15, -0.1) is 0 Å². The number of aryl methyl sites for hydroxylation is 2. The number of hydrogen-bond acceptors (Lipinski definition) is 5. The molecule has 1 heterocycles. The molecule has 0 aliphatic carbocycles. The van der Waals surface area contributed by atoms with Crippen molar-refractivity contribution in [3.05, 3.63) is 71.5 Å². The maximum Gasteiger partial charge on any atom is 0.319 e. The number of carbonyl (C=O) groups is 1. The molecule has 140 valence electrons. The molecule has 2 aromatic carbocycles. The Morgan fingerprint density at radius 2 is 1.78 bits per heavy atom. The molecule has 0 atom stereocenters. The summed E-state index contributed by atoms with van der Waals surface area (Å²) in [6.45, 7) is 5.18. The second kappa shape index (κ2) is 8.60. The minimum Gasteiger partial charge on any atom is -0.468 e. The van der Waals surface area contributed by atoms with Crippen LogP contribution in [0.15, 0.2) is 54.6 Å². The molecule has 0 saturated carbocycles. The Hall–Kier alpha value is -2.99. The van der Waals surface area contributed by atoms with E-state index >= 15 is 0 Å². The monoisotopic (exact) mass is 364 g/mol. The van der Waals surface area contributed by atoms with Crippen LogP contribution in [0.2, 0.25) is 0 Å². The van der Waals surface area contributed by atoms with Gasteiger partial charge in [0.1, 0.15) is 5.82 Å². The fraction of sp³-hybridized carbons (Fsp3) is 0.286. The van der Waals surface area contributed by atoms with E-state index in [-0.39, 0.29) is 12.5 Å². The van der Waals surface area contributed by atoms with Gasteiger partial charge in [0.15, 0.2) is 5.82 Å². The average molecular weight is 364 g/mol. The molecule has 0 spiro atoms. The number of aromatic nitrogens is 3. The van der Waals surface area contributed by atoms with E-state index in [0.29, 0.717) is 19.0 Å². The number of rotatable bonds is 7. The fourth-order valence-corrected chi connectivity index (χ4v) is 2.98. The summed E-state index contributed by atoms with van der Waals surface area (Å²) in [5.74, 6) is 1.21. The average Bonchev–Trinajstić information content (AvgIpc) is 3.04. The van der Waals surface area contributed by atoms with E-state index in [9.17, 15) is 4.79 Å². The molecular weight excluding hydrogens is 340 g/mol. The van der Waals surface area contributed by atoms with Crippen LogP contribution in [0.3, 0.4) is 0 Å². The summed E-state index contributed by atoms with van der Waals surface area (Å²) in [4.78, 5) is 18.5. The van der Waals surface area contributed by atoms with Gasteiger partial charge in [-0.25, -0.2) is 9.67 Å². The standard InChI is InChI=1S/C21H24N4O2/c1-16-9-7-8-12-19(16)13-24(14-20(26)27-3)15-25-21(22-17(2)23-25)18-10-5-4-6-11-18/h4-12H,13-15H2,1-3H3. The Morgan fingerprint density at radius 3 is 2.48 bits per heavy atom. The van der Waals surface area contributed by atoms with Crippen molar-refractivity contribution >= 4 is 5.97 Å². The summed E-state index contributed by atoms with van der Waals surface area (Å²) in [7, 11) is 1.41. The summed E-state index contributed by atoms with van der Waals surface area (Å²) < 4.78 is 6.72. The summed E-state index contributed by atoms with van der Waals surface area (Å²) in [5, 5.41) is 4.54. The first kappa shape index (κ1) is 18.8. The van der Waals surface area contributed by atoms with E-state index in [1.807, 2.05) is 59.0 Å². The van der Waals surface area contributed by atoms with Crippen LogP contribution in [0, 0.1) is 13.8 Å². The summed E-state index contributed by atoms with van der Waals surface area (Å²) in [5.41, 5.74) is 3.34. The molecule has 0 saturated heterocycles. The molecule has 3 rings (SSSR count). The Balaban J connectivity index is 1.88. The molecule has 0 N–H and O–H groups in total. The van der Waals surface area contributed by atoms with Crippen LogP contribution in [0.5, 0.6) is 0 Å². The molecule has 0 aliphatic rings. The first-order valence-corrected chi connectivity index (χ1v) is 8.87. The lowest BCUT2D eigenvalue weighted by molar-refractivity contribution is -0.142. The zero-order valence-corrected chi connectivity index (χ0v) is 15.9. The van der Waals surface area contributed by atoms with Gasteiger partial charge in [0, 0.05) is 12.1 Å². The summed E-state index contributed by atoms with van der Waals surface area (Å²) in [6.07, 6.45) is 0. The Morgan fingerprint density at radius 1 is 1.07 bits per heavy atom. The van der Waals surface area contributed by atoms with Gasteiger partial charge in [0.25, 0.3) is 0 Å². The zero-order chi connectivity index (χ0) is 19.2. The van der Waals surface area contributed by atoms with Crippen molar-refractivity contribution in [2.75, 3.05) is 13.7 Å². The Kier molecular flexibility index (Phi) is 5.98. The van der Waals surface area contributed by atoms with Crippen LogP contribution in [-0.4, -0.2) is 39.3 Å². The minimum atomic E-state index is -0.276. The number of carbonyl (C=O) groups excluding carboxylic acids is 1. The number of hydrogen-bond donors (Lipinski definition) is 0. The maximum atomic E-state index is 11.9. The highest BCUT2D eigenvalue weighted by Gasteiger charge is 2.17. The SMILES string of the molecule is COC(=O)CN(Cc1ccccc1C)Cn1nc(C)nc1-c1ccccc1. The highest BCUT2D eigenvalue weighted by Crippen LogP contribution is 2.18. The van der Waals surface area contributed by atoms with Crippen LogP contribution >= 0.6 is 0 Å². The summed E-state index contributed by atoms with van der Waals surface area (Å²) in [6, 6.07) is 18.1. The topological polar surface area (TPSA) is 60.2 Å². The van der Waals surface area contributed by atoms with Gasteiger partial charge in [-0.05, 0) is 25.0 Å². The van der Waals surface area contributed by atoms with E-state index in [4.69, 9.17) is 4.74 Å². The quantitative estimate of drug-likeness (QED) is 0.603. The number of nitrogens with zero attached hydrogens (tertiary/aromatic N) is 4. The Bertz CT molecular complexity index is 906. The van der Waals surface area contributed by atoms with Crippen molar-refractivity contribution < 1.29 is 9.53 Å². The predicted molar refractivity (Wildman–Crippen MR) is 104 cm³/mol. The highest BCUT2D eigenvalue weighted by atomic mass is 16.5. The van der Waals surface area contributed by atoms with Gasteiger partial charge < -0.3 is 4.74 Å². The van der Waals surface area contributed by atoms with Crippen molar-refractivity contribution in [3.8, 4) is 11.4 Å². The lowest BCUT2D eigenvalue weighted by atomic mass is 10.1. The van der Waals surface area contributed by atoms with Gasteiger partial charge in [0.05, 0.1) is 20.3 Å². The zero-order valence-electron chi connectivity index (χ0n) is 15.9. The Labute approximate surface area is 159 Å². The van der Waals surface area contributed by atoms with Crippen molar-refractivity contribution in [1.82, 2.24) is 19.7 Å². The maximum absolute atomic E-state index is 11.9. The molecule has 3 aromatic rings. The largest absolute Gasteiger partial charge is 0.468 e. The molecule has 1 aromatic heterocycles. The molecule has 0 unspecified atom stereocenters. The first-order valence-electron chi connectivity index (χ1n) is 8.87. The molecular formula is C21H24N4O2. The van der Waals surface area contributed by atoms with Gasteiger partial charge >= 0.3 is 5.97 Å². The molecule has 27 heavy (non-hydrogen) atoms. The van der Waals surface area contributed by atoms with Crippen molar-refractivity contribution in [1.29, 1.82) is 0 Å². The number of ether oxygens (including phenoxy) is 1. The van der Waals surface area contributed by atoms with E-state index in [1.165, 1.54) is 18.2 Å². The van der Waals surface area contributed by atoms with Gasteiger partial charge in [-0.1, -0.05) is 54.6 Å². The lowest BCUT2D eigenvalue weighted by Crippen LogP contribution is -2.33. The van der Waals surface area contributed by atoms with Gasteiger partial charge in [-0.3, -0.25) is 9.69 Å². The van der Waals surface area contributed by atoms with E-state index in [1.54, 1.807) is 0 Å². The summed E-state index contributed by atoms with van der Waals surface area (Å²) >= 11 is 0. The molecule has 0 radical (unpaired) electrons. The molecule has 0 fully saturated rings. The number of esters is 1. The predicted octanol–water partition coefficient (Wildman–Crippen LogP) is 3.19. The molecule has 0 aliphatic heterocycles. The van der Waals surface area contributed by atoms with E-state index in [2.05, 4.69) is 29.1 Å². The fourth-order valence-electron chi connectivity index (χ4n) is 2.98. The molecule has 0 amide bonds. The second-order valence-corrected chi connectivity index (χ2v) is 6.48. The van der Waals surface area contributed by atoms with E-state index in [0.717, 1.165) is 11.4 Å². The van der Waals surface area contributed by atoms with Crippen molar-refractivity contribution in [2.24, 2.45) is 0 Å². The van der Waals surface area contributed by atoms with Crippen molar-refractivity contribution in [3.63, 3.8) is 0 Å². The third-order valence-corrected chi connectivity index (χ3v) is 4.38. The molecule has 6 heteroatoms. The van der Waals surface area contributed by atoms with Crippen molar-refractivity contribution in [2.45, 2.75) is 27.1 Å². The number of methoxy groups -OCH3 is 1. The van der Waals surface area contributed by atoms with Crippen LogP contribution < -0.4 is 0 Å². The van der Waals surface area contributed by atoms with Crippen LogP contribution in [0.1, 0.15) is 17.0 Å². The molecule has 0 bridgehead atoms. The van der Waals surface area contributed by atoms with Crippen LogP contribution in [0.4, 0.5) is 0 Å². The molecule has 6 nitrogen and oxygen atoms in total. The van der Waals surface area contributed by atoms with Crippen LogP contribution in [0.25, 0.3) is 11.4 Å². The van der Waals surface area contributed by atoms with Gasteiger partial charge in [-0.2, -0.15) is 5.10 Å². The van der Waals surface area contributed by atoms with Gasteiger partial charge in [0.2, 0.25) is 0 Å². The lowest BCUT2D eigenvalue weighted by Gasteiger charge is -2.22. The third-order valence-electron chi connectivity index (χ3n) is 4.38. The first-order chi connectivity index (χ1) is 13.1. The normalized spacial score (nSPS) is 11.0.